The van der Waals surface area contributed by atoms with Crippen molar-refractivity contribution >= 4 is 29.1 Å². The molecule has 1 aromatic heterocycles. The first-order valence-corrected chi connectivity index (χ1v) is 9.61. The zero-order chi connectivity index (χ0) is 21.6. The van der Waals surface area contributed by atoms with Gasteiger partial charge in [0.05, 0.1) is 0 Å². The Morgan fingerprint density at radius 2 is 1.35 bits per heavy atom. The van der Waals surface area contributed by atoms with Crippen LogP contribution in [0.5, 0.6) is 0 Å². The molecule has 1 heterocycles. The van der Waals surface area contributed by atoms with Crippen molar-refractivity contribution in [2.45, 2.75) is 0 Å². The van der Waals surface area contributed by atoms with E-state index in [-0.39, 0.29) is 5.57 Å². The molecular weight excluding hydrogens is 388 g/mol. The van der Waals surface area contributed by atoms with Crippen molar-refractivity contribution in [3.63, 3.8) is 0 Å². The molecule has 0 aliphatic rings. The van der Waals surface area contributed by atoms with Gasteiger partial charge in [0.2, 0.25) is 0 Å². The van der Waals surface area contributed by atoms with Crippen molar-refractivity contribution < 1.29 is 14.3 Å². The summed E-state index contributed by atoms with van der Waals surface area (Å²) in [6.07, 6.45) is 1.22. The number of nitriles is 1. The lowest BCUT2D eigenvalue weighted by Gasteiger charge is -2.25. The second kappa shape index (κ2) is 8.85. The molecule has 4 rings (SSSR count). The average molecular weight is 406 g/mol. The molecule has 5 heteroatoms. The summed E-state index contributed by atoms with van der Waals surface area (Å²) in [6, 6.07) is 33.2. The maximum Gasteiger partial charge on any atom is 0.346 e. The fourth-order valence-corrected chi connectivity index (χ4v) is 3.25. The van der Waals surface area contributed by atoms with Gasteiger partial charge in [0.1, 0.15) is 23.2 Å². The number of carboxylic acids is 1. The summed E-state index contributed by atoms with van der Waals surface area (Å²) >= 11 is 0. The maximum atomic E-state index is 11.0. The Labute approximate surface area is 179 Å². The number of rotatable bonds is 6. The molecule has 0 atom stereocenters. The predicted octanol–water partition coefficient (Wildman–Crippen LogP) is 6.41. The van der Waals surface area contributed by atoms with E-state index >= 15 is 0 Å². The second-order valence-corrected chi connectivity index (χ2v) is 6.73. The van der Waals surface area contributed by atoms with E-state index in [0.29, 0.717) is 11.5 Å². The first-order chi connectivity index (χ1) is 15.2. The van der Waals surface area contributed by atoms with Gasteiger partial charge in [0.15, 0.2) is 0 Å². The highest BCUT2D eigenvalue weighted by atomic mass is 16.4. The van der Waals surface area contributed by atoms with Crippen LogP contribution < -0.4 is 4.90 Å². The van der Waals surface area contributed by atoms with Gasteiger partial charge in [-0.1, -0.05) is 36.4 Å². The largest absolute Gasteiger partial charge is 0.477 e. The van der Waals surface area contributed by atoms with Crippen molar-refractivity contribution in [1.82, 2.24) is 0 Å². The van der Waals surface area contributed by atoms with Crippen molar-refractivity contribution in [3.8, 4) is 17.4 Å². The van der Waals surface area contributed by atoms with Gasteiger partial charge in [-0.3, -0.25) is 0 Å². The highest BCUT2D eigenvalue weighted by Gasteiger charge is 2.13. The lowest BCUT2D eigenvalue weighted by molar-refractivity contribution is -0.132. The minimum absolute atomic E-state index is 0.313. The third-order valence-electron chi connectivity index (χ3n) is 4.70. The fourth-order valence-electron chi connectivity index (χ4n) is 3.25. The van der Waals surface area contributed by atoms with Crippen LogP contribution in [0.25, 0.3) is 17.4 Å². The molecule has 5 nitrogen and oxygen atoms in total. The van der Waals surface area contributed by atoms with Gasteiger partial charge in [-0.2, -0.15) is 5.26 Å². The van der Waals surface area contributed by atoms with Crippen LogP contribution in [0.2, 0.25) is 0 Å². The molecule has 3 aromatic carbocycles. The Hall–Kier alpha value is -4.56. The minimum Gasteiger partial charge on any atom is -0.477 e. The number of hydrogen-bond acceptors (Lipinski definition) is 4. The van der Waals surface area contributed by atoms with E-state index in [1.807, 2.05) is 60.7 Å². The maximum absolute atomic E-state index is 11.0. The number of anilines is 3. The second-order valence-electron chi connectivity index (χ2n) is 6.73. The third kappa shape index (κ3) is 4.39. The van der Waals surface area contributed by atoms with Crippen LogP contribution in [0, 0.1) is 11.3 Å². The first kappa shape index (κ1) is 19.7. The van der Waals surface area contributed by atoms with Crippen LogP contribution in [0.3, 0.4) is 0 Å². The number of hydrogen-bond donors (Lipinski definition) is 1. The van der Waals surface area contributed by atoms with Crippen molar-refractivity contribution in [2.24, 2.45) is 0 Å². The Morgan fingerprint density at radius 3 is 1.87 bits per heavy atom. The van der Waals surface area contributed by atoms with E-state index in [1.54, 1.807) is 18.2 Å². The molecule has 31 heavy (non-hydrogen) atoms. The molecule has 0 aliphatic carbocycles. The summed E-state index contributed by atoms with van der Waals surface area (Å²) in [7, 11) is 0. The average Bonchev–Trinajstić information content (AvgIpc) is 3.28. The van der Waals surface area contributed by atoms with E-state index in [4.69, 9.17) is 14.8 Å². The number of aliphatic carboxylic acids is 1. The summed E-state index contributed by atoms with van der Waals surface area (Å²) in [5.41, 5.74) is 3.55. The Morgan fingerprint density at radius 1 is 0.806 bits per heavy atom. The molecule has 0 unspecified atom stereocenters. The summed E-state index contributed by atoms with van der Waals surface area (Å²) in [6.45, 7) is 0. The van der Waals surface area contributed by atoms with Gasteiger partial charge >= 0.3 is 5.97 Å². The zero-order valence-corrected chi connectivity index (χ0v) is 16.5. The van der Waals surface area contributed by atoms with E-state index in [2.05, 4.69) is 29.2 Å². The van der Waals surface area contributed by atoms with E-state index < -0.39 is 5.97 Å². The number of nitrogens with zero attached hydrogens (tertiary/aromatic N) is 2. The van der Waals surface area contributed by atoms with E-state index in [0.717, 1.165) is 22.6 Å². The molecule has 0 saturated carbocycles. The van der Waals surface area contributed by atoms with Crippen LogP contribution in [0.1, 0.15) is 5.76 Å². The van der Waals surface area contributed by atoms with Crippen LogP contribution in [-0.2, 0) is 4.79 Å². The molecule has 1 N–H and O–H groups in total. The predicted molar refractivity (Wildman–Crippen MR) is 120 cm³/mol. The quantitative estimate of drug-likeness (QED) is 0.296. The molecule has 0 saturated heterocycles. The Bertz CT molecular complexity index is 1210. The molecule has 4 aromatic rings. The summed E-state index contributed by atoms with van der Waals surface area (Å²) in [5, 5.41) is 17.9. The number of para-hydroxylation sites is 2. The number of benzene rings is 3. The van der Waals surface area contributed by atoms with Crippen LogP contribution in [0.4, 0.5) is 17.1 Å². The fraction of sp³-hybridized carbons (Fsp3) is 0. The van der Waals surface area contributed by atoms with E-state index in [9.17, 15) is 4.79 Å². The molecule has 0 spiro atoms. The standard InChI is InChI=1S/C26H18N2O3/c27-18-20(26(29)30)17-24-15-16-25(31-24)19-11-13-23(14-12-19)28(21-7-3-1-4-8-21)22-9-5-2-6-10-22/h1-17H,(H,29,30). The highest BCUT2D eigenvalue weighted by molar-refractivity contribution is 5.96. The lowest BCUT2D eigenvalue weighted by atomic mass is 10.1. The van der Waals surface area contributed by atoms with Crippen molar-refractivity contribution in [1.29, 1.82) is 5.26 Å². The zero-order valence-electron chi connectivity index (χ0n) is 16.5. The summed E-state index contributed by atoms with van der Waals surface area (Å²) < 4.78 is 5.72. The Kier molecular flexibility index (Phi) is 5.64. The monoisotopic (exact) mass is 406 g/mol. The molecule has 0 amide bonds. The van der Waals surface area contributed by atoms with Crippen LogP contribution in [-0.4, -0.2) is 11.1 Å². The highest BCUT2D eigenvalue weighted by Crippen LogP contribution is 2.35. The van der Waals surface area contributed by atoms with Gasteiger partial charge in [0.25, 0.3) is 0 Å². The van der Waals surface area contributed by atoms with Gasteiger partial charge in [-0.15, -0.1) is 0 Å². The Balaban J connectivity index is 1.66. The van der Waals surface area contributed by atoms with Crippen molar-refractivity contribution in [3.05, 3.63) is 108 Å². The van der Waals surface area contributed by atoms with Gasteiger partial charge < -0.3 is 14.4 Å². The normalized spacial score (nSPS) is 11.0. The smallest absolute Gasteiger partial charge is 0.346 e. The summed E-state index contributed by atoms with van der Waals surface area (Å²) in [4.78, 5) is 13.2. The number of furan rings is 1. The minimum atomic E-state index is -1.29. The summed E-state index contributed by atoms with van der Waals surface area (Å²) in [5.74, 6) is -0.383. The lowest BCUT2D eigenvalue weighted by Crippen LogP contribution is -2.09. The van der Waals surface area contributed by atoms with E-state index in [1.165, 1.54) is 6.08 Å². The molecule has 0 fully saturated rings. The SMILES string of the molecule is N#CC(=Cc1ccc(-c2ccc(N(c3ccccc3)c3ccccc3)cc2)o1)C(=O)O. The molecule has 0 aliphatic heterocycles. The number of carboxylic acid groups (broad SMARTS) is 1. The van der Waals surface area contributed by atoms with Gasteiger partial charge in [-0.05, 0) is 60.7 Å². The first-order valence-electron chi connectivity index (χ1n) is 9.61. The van der Waals surface area contributed by atoms with Crippen LogP contribution >= 0.6 is 0 Å². The third-order valence-corrected chi connectivity index (χ3v) is 4.70. The molecular formula is C26H18N2O3. The molecule has 150 valence electrons. The topological polar surface area (TPSA) is 77.5 Å². The van der Waals surface area contributed by atoms with Crippen LogP contribution in [0.15, 0.2) is 107 Å². The molecule has 0 bridgehead atoms. The van der Waals surface area contributed by atoms with Crippen molar-refractivity contribution in [2.75, 3.05) is 4.90 Å². The van der Waals surface area contributed by atoms with Gasteiger partial charge in [-0.25, -0.2) is 4.79 Å². The van der Waals surface area contributed by atoms with Gasteiger partial charge in [0, 0.05) is 28.7 Å². The number of carbonyl (C=O) groups is 1. The molecule has 0 radical (unpaired) electrons.